The standard InChI is InChI=1S/C15H20O2S/c1-10(2)11-5-6-14-13(8-11)12(9-15(16)17)4-3-7-18-14/h5-6,8,10,12H,3-4,7,9H2,1-2H3,(H,16,17). The molecule has 0 radical (unpaired) electrons. The normalized spacial score (nSPS) is 19.4. The Morgan fingerprint density at radius 1 is 1.50 bits per heavy atom. The van der Waals surface area contributed by atoms with Gasteiger partial charge in [0, 0.05) is 4.90 Å². The Morgan fingerprint density at radius 2 is 2.28 bits per heavy atom. The number of rotatable bonds is 3. The number of carboxylic acids is 1. The fraction of sp³-hybridized carbons (Fsp3) is 0.533. The monoisotopic (exact) mass is 264 g/mol. The van der Waals surface area contributed by atoms with Crippen LogP contribution in [0.4, 0.5) is 0 Å². The molecule has 0 amide bonds. The van der Waals surface area contributed by atoms with Crippen molar-refractivity contribution in [3.8, 4) is 0 Å². The first-order valence-electron chi connectivity index (χ1n) is 6.56. The molecular weight excluding hydrogens is 244 g/mol. The van der Waals surface area contributed by atoms with Crippen molar-refractivity contribution in [3.63, 3.8) is 0 Å². The second-order valence-electron chi connectivity index (χ2n) is 5.24. The van der Waals surface area contributed by atoms with Crippen LogP contribution in [0.2, 0.25) is 0 Å². The maximum Gasteiger partial charge on any atom is 0.303 e. The van der Waals surface area contributed by atoms with Gasteiger partial charge in [-0.15, -0.1) is 11.8 Å². The molecule has 0 spiro atoms. The van der Waals surface area contributed by atoms with Crippen LogP contribution >= 0.6 is 11.8 Å². The molecule has 0 aliphatic carbocycles. The first-order chi connectivity index (χ1) is 8.58. The highest BCUT2D eigenvalue weighted by atomic mass is 32.2. The van der Waals surface area contributed by atoms with Crippen LogP contribution in [0, 0.1) is 0 Å². The predicted octanol–water partition coefficient (Wildman–Crippen LogP) is 4.25. The zero-order valence-corrected chi connectivity index (χ0v) is 11.8. The number of hydrogen-bond donors (Lipinski definition) is 1. The highest BCUT2D eigenvalue weighted by Crippen LogP contribution is 2.39. The lowest BCUT2D eigenvalue weighted by atomic mass is 9.89. The van der Waals surface area contributed by atoms with E-state index in [0.29, 0.717) is 5.92 Å². The molecule has 0 saturated heterocycles. The molecule has 2 nitrogen and oxygen atoms in total. The van der Waals surface area contributed by atoms with E-state index in [-0.39, 0.29) is 12.3 Å². The van der Waals surface area contributed by atoms with E-state index in [0.717, 1.165) is 18.6 Å². The Balaban J connectivity index is 2.37. The topological polar surface area (TPSA) is 37.3 Å². The zero-order valence-electron chi connectivity index (χ0n) is 11.0. The second kappa shape index (κ2) is 5.79. The highest BCUT2D eigenvalue weighted by molar-refractivity contribution is 7.99. The maximum absolute atomic E-state index is 11.0. The van der Waals surface area contributed by atoms with E-state index < -0.39 is 5.97 Å². The Labute approximate surface area is 113 Å². The molecule has 1 N–H and O–H groups in total. The van der Waals surface area contributed by atoms with Crippen molar-refractivity contribution in [1.82, 2.24) is 0 Å². The van der Waals surface area contributed by atoms with Gasteiger partial charge in [-0.1, -0.05) is 26.0 Å². The second-order valence-corrected chi connectivity index (χ2v) is 6.37. The Bertz CT molecular complexity index is 440. The van der Waals surface area contributed by atoms with Crippen LogP contribution in [0.1, 0.15) is 56.1 Å². The molecule has 1 unspecified atom stereocenters. The van der Waals surface area contributed by atoms with Crippen LogP contribution in [0.25, 0.3) is 0 Å². The number of hydrogen-bond acceptors (Lipinski definition) is 2. The summed E-state index contributed by atoms with van der Waals surface area (Å²) < 4.78 is 0. The largest absolute Gasteiger partial charge is 0.481 e. The van der Waals surface area contributed by atoms with Gasteiger partial charge in [0.1, 0.15) is 0 Å². The summed E-state index contributed by atoms with van der Waals surface area (Å²) in [6, 6.07) is 6.58. The van der Waals surface area contributed by atoms with E-state index in [2.05, 4.69) is 32.0 Å². The van der Waals surface area contributed by atoms with Gasteiger partial charge in [0.15, 0.2) is 0 Å². The van der Waals surface area contributed by atoms with Crippen molar-refractivity contribution >= 4 is 17.7 Å². The van der Waals surface area contributed by atoms with Crippen LogP contribution in [-0.2, 0) is 4.79 Å². The molecule has 1 aliphatic heterocycles. The van der Waals surface area contributed by atoms with Gasteiger partial charge in [0.05, 0.1) is 6.42 Å². The van der Waals surface area contributed by atoms with Gasteiger partial charge < -0.3 is 5.11 Å². The number of benzene rings is 1. The molecule has 98 valence electrons. The minimum Gasteiger partial charge on any atom is -0.481 e. The first-order valence-corrected chi connectivity index (χ1v) is 7.55. The summed E-state index contributed by atoms with van der Waals surface area (Å²) >= 11 is 1.87. The number of carboxylic acid groups (broad SMARTS) is 1. The predicted molar refractivity (Wildman–Crippen MR) is 75.5 cm³/mol. The molecule has 18 heavy (non-hydrogen) atoms. The molecule has 1 heterocycles. The molecule has 1 aliphatic rings. The SMILES string of the molecule is CC(C)c1ccc2c(c1)C(CC(=O)O)CCCS2. The van der Waals surface area contributed by atoms with Gasteiger partial charge in [-0.05, 0) is 47.6 Å². The van der Waals surface area contributed by atoms with Crippen LogP contribution in [0.3, 0.4) is 0 Å². The number of carbonyl (C=O) groups is 1. The summed E-state index contributed by atoms with van der Waals surface area (Å²) in [6.45, 7) is 4.36. The lowest BCUT2D eigenvalue weighted by Crippen LogP contribution is -2.07. The summed E-state index contributed by atoms with van der Waals surface area (Å²) in [7, 11) is 0. The average Bonchev–Trinajstić information content (AvgIpc) is 2.50. The van der Waals surface area contributed by atoms with E-state index in [1.807, 2.05) is 11.8 Å². The molecule has 3 heteroatoms. The summed E-state index contributed by atoms with van der Waals surface area (Å²) in [5.74, 6) is 1.09. The lowest BCUT2D eigenvalue weighted by Gasteiger charge is -2.17. The Morgan fingerprint density at radius 3 is 2.94 bits per heavy atom. The minimum atomic E-state index is -0.687. The molecule has 0 aromatic heterocycles. The van der Waals surface area contributed by atoms with Gasteiger partial charge in [0.2, 0.25) is 0 Å². The van der Waals surface area contributed by atoms with E-state index >= 15 is 0 Å². The van der Waals surface area contributed by atoms with Crippen LogP contribution in [0.5, 0.6) is 0 Å². The molecule has 1 aromatic rings. The average molecular weight is 264 g/mol. The van der Waals surface area contributed by atoms with Gasteiger partial charge in [0.25, 0.3) is 0 Å². The van der Waals surface area contributed by atoms with Crippen molar-refractivity contribution in [3.05, 3.63) is 29.3 Å². The molecular formula is C15H20O2S. The van der Waals surface area contributed by atoms with E-state index in [4.69, 9.17) is 5.11 Å². The van der Waals surface area contributed by atoms with Crippen LogP contribution in [0.15, 0.2) is 23.1 Å². The molecule has 0 fully saturated rings. The van der Waals surface area contributed by atoms with Crippen LogP contribution in [-0.4, -0.2) is 16.8 Å². The zero-order chi connectivity index (χ0) is 13.1. The van der Waals surface area contributed by atoms with E-state index in [9.17, 15) is 4.79 Å². The summed E-state index contributed by atoms with van der Waals surface area (Å²) in [5.41, 5.74) is 2.57. The highest BCUT2D eigenvalue weighted by Gasteiger charge is 2.22. The van der Waals surface area contributed by atoms with Crippen molar-refractivity contribution in [2.24, 2.45) is 0 Å². The van der Waals surface area contributed by atoms with Crippen molar-refractivity contribution in [2.45, 2.75) is 49.8 Å². The van der Waals surface area contributed by atoms with Gasteiger partial charge in [-0.25, -0.2) is 0 Å². The number of fused-ring (bicyclic) bond motifs is 1. The first kappa shape index (κ1) is 13.5. The van der Waals surface area contributed by atoms with Crippen LogP contribution < -0.4 is 0 Å². The van der Waals surface area contributed by atoms with Crippen molar-refractivity contribution in [1.29, 1.82) is 0 Å². The number of aliphatic carboxylic acids is 1. The summed E-state index contributed by atoms with van der Waals surface area (Å²) in [5, 5.41) is 9.05. The number of thioether (sulfide) groups is 1. The van der Waals surface area contributed by atoms with Gasteiger partial charge in [-0.2, -0.15) is 0 Å². The maximum atomic E-state index is 11.0. The molecule has 1 atom stereocenters. The van der Waals surface area contributed by atoms with E-state index in [1.54, 1.807) is 0 Å². The van der Waals surface area contributed by atoms with Crippen molar-refractivity contribution < 1.29 is 9.90 Å². The molecule has 1 aromatic carbocycles. The van der Waals surface area contributed by atoms with Crippen molar-refractivity contribution in [2.75, 3.05) is 5.75 Å². The molecule has 0 saturated carbocycles. The Hall–Kier alpha value is -0.960. The van der Waals surface area contributed by atoms with Gasteiger partial charge >= 0.3 is 5.97 Å². The quantitative estimate of drug-likeness (QED) is 0.886. The third-order valence-electron chi connectivity index (χ3n) is 3.52. The summed E-state index contributed by atoms with van der Waals surface area (Å²) in [6.07, 6.45) is 2.36. The fourth-order valence-corrected chi connectivity index (χ4v) is 3.55. The third-order valence-corrected chi connectivity index (χ3v) is 4.69. The third kappa shape index (κ3) is 3.08. The minimum absolute atomic E-state index is 0.186. The summed E-state index contributed by atoms with van der Waals surface area (Å²) in [4.78, 5) is 12.3. The molecule has 0 bridgehead atoms. The van der Waals surface area contributed by atoms with E-state index in [1.165, 1.54) is 16.0 Å². The molecule has 2 rings (SSSR count). The fourth-order valence-electron chi connectivity index (χ4n) is 2.47. The smallest absolute Gasteiger partial charge is 0.303 e. The Kier molecular flexibility index (Phi) is 4.33. The van der Waals surface area contributed by atoms with Gasteiger partial charge in [-0.3, -0.25) is 4.79 Å². The lowest BCUT2D eigenvalue weighted by molar-refractivity contribution is -0.137.